The van der Waals surface area contributed by atoms with Crippen LogP contribution in [0.3, 0.4) is 0 Å². The minimum Gasteiger partial charge on any atom is -0.480 e. The summed E-state index contributed by atoms with van der Waals surface area (Å²) in [6.45, 7) is 3.73. The monoisotopic (exact) mass is 290 g/mol. The molecule has 1 heterocycles. The number of benzene rings is 1. The third-order valence-corrected chi connectivity index (χ3v) is 3.09. The first kappa shape index (κ1) is 15.0. The van der Waals surface area contributed by atoms with Gasteiger partial charge in [0.05, 0.1) is 23.1 Å². The van der Waals surface area contributed by atoms with Crippen LogP contribution < -0.4 is 10.1 Å². The topological polar surface area (TPSA) is 82.2 Å². The lowest BCUT2D eigenvalue weighted by molar-refractivity contribution is -0.386. The van der Waals surface area contributed by atoms with Gasteiger partial charge in [0, 0.05) is 19.7 Å². The van der Waals surface area contributed by atoms with Crippen LogP contribution in [0.5, 0.6) is 5.75 Å². The molecule has 1 aromatic carbocycles. The zero-order valence-electron chi connectivity index (χ0n) is 12.1. The van der Waals surface area contributed by atoms with Crippen LogP contribution in [-0.4, -0.2) is 21.0 Å². The van der Waals surface area contributed by atoms with Gasteiger partial charge in [0.15, 0.2) is 5.75 Å². The lowest BCUT2D eigenvalue weighted by atomic mass is 10.2. The zero-order valence-corrected chi connectivity index (χ0v) is 12.1. The number of hydrogen-bond acceptors (Lipinski definition) is 5. The predicted octanol–water partition coefficient (Wildman–Crippen LogP) is 2.02. The molecule has 1 aromatic heterocycles. The Morgan fingerprint density at radius 3 is 2.90 bits per heavy atom. The molecule has 0 aliphatic heterocycles. The summed E-state index contributed by atoms with van der Waals surface area (Å²) in [4.78, 5) is 14.6. The minimum absolute atomic E-state index is 0.0302. The van der Waals surface area contributed by atoms with Gasteiger partial charge in [0.2, 0.25) is 0 Å². The van der Waals surface area contributed by atoms with Crippen LogP contribution in [0.4, 0.5) is 5.69 Å². The van der Waals surface area contributed by atoms with Gasteiger partial charge < -0.3 is 14.6 Å². The van der Waals surface area contributed by atoms with Crippen LogP contribution in [-0.2, 0) is 20.2 Å². The van der Waals surface area contributed by atoms with Crippen molar-refractivity contribution in [2.75, 3.05) is 6.54 Å². The fraction of sp³-hybridized carbons (Fsp3) is 0.357. The summed E-state index contributed by atoms with van der Waals surface area (Å²) in [5, 5.41) is 14.2. The highest BCUT2D eigenvalue weighted by Gasteiger charge is 2.16. The number of nitro groups is 1. The van der Waals surface area contributed by atoms with Crippen molar-refractivity contribution in [3.63, 3.8) is 0 Å². The Bertz CT molecular complexity index is 624. The van der Waals surface area contributed by atoms with Gasteiger partial charge in [-0.3, -0.25) is 10.1 Å². The SMILES string of the molecule is CCNCc1ccc([N+](=O)[O-])c(OCc2cncn2C)c1. The minimum atomic E-state index is -0.435. The molecule has 0 fully saturated rings. The van der Waals surface area contributed by atoms with Gasteiger partial charge in [-0.25, -0.2) is 4.98 Å². The van der Waals surface area contributed by atoms with Crippen LogP contribution in [0.15, 0.2) is 30.7 Å². The van der Waals surface area contributed by atoms with Crippen molar-refractivity contribution in [3.05, 3.63) is 52.1 Å². The first-order valence-corrected chi connectivity index (χ1v) is 6.68. The Kier molecular flexibility index (Phi) is 4.89. The number of rotatable bonds is 7. The number of aromatic nitrogens is 2. The van der Waals surface area contributed by atoms with E-state index in [0.29, 0.717) is 6.54 Å². The molecule has 1 N–H and O–H groups in total. The highest BCUT2D eigenvalue weighted by Crippen LogP contribution is 2.28. The van der Waals surface area contributed by atoms with Crippen molar-refractivity contribution in [2.24, 2.45) is 7.05 Å². The van der Waals surface area contributed by atoms with Crippen molar-refractivity contribution in [3.8, 4) is 5.75 Å². The first-order valence-electron chi connectivity index (χ1n) is 6.68. The van der Waals surface area contributed by atoms with E-state index >= 15 is 0 Å². The molecule has 0 saturated carbocycles. The number of nitro benzene ring substituents is 1. The molecule has 2 aromatic rings. The molecule has 2 rings (SSSR count). The summed E-state index contributed by atoms with van der Waals surface area (Å²) >= 11 is 0. The third-order valence-electron chi connectivity index (χ3n) is 3.09. The van der Waals surface area contributed by atoms with Crippen molar-refractivity contribution < 1.29 is 9.66 Å². The Morgan fingerprint density at radius 2 is 2.29 bits per heavy atom. The quantitative estimate of drug-likeness (QED) is 0.623. The maximum Gasteiger partial charge on any atom is 0.310 e. The number of ether oxygens (including phenoxy) is 1. The maximum absolute atomic E-state index is 11.1. The predicted molar refractivity (Wildman–Crippen MR) is 78.0 cm³/mol. The van der Waals surface area contributed by atoms with Gasteiger partial charge in [-0.2, -0.15) is 0 Å². The van der Waals surface area contributed by atoms with E-state index in [0.717, 1.165) is 17.8 Å². The lowest BCUT2D eigenvalue weighted by Gasteiger charge is -2.09. The molecular formula is C14H18N4O3. The largest absolute Gasteiger partial charge is 0.480 e. The third kappa shape index (κ3) is 3.79. The number of hydrogen-bond donors (Lipinski definition) is 1. The second-order valence-electron chi connectivity index (χ2n) is 4.62. The molecule has 0 aliphatic rings. The fourth-order valence-corrected chi connectivity index (χ4v) is 1.88. The Balaban J connectivity index is 2.17. The van der Waals surface area contributed by atoms with Crippen LogP contribution in [0.2, 0.25) is 0 Å². The Labute approximate surface area is 122 Å². The van der Waals surface area contributed by atoms with Gasteiger partial charge in [-0.05, 0) is 18.2 Å². The highest BCUT2D eigenvalue weighted by molar-refractivity contribution is 5.48. The Hall–Kier alpha value is -2.41. The fourth-order valence-electron chi connectivity index (χ4n) is 1.88. The Morgan fingerprint density at radius 1 is 1.48 bits per heavy atom. The van der Waals surface area contributed by atoms with E-state index in [4.69, 9.17) is 4.74 Å². The van der Waals surface area contributed by atoms with E-state index in [1.54, 1.807) is 24.7 Å². The second-order valence-corrected chi connectivity index (χ2v) is 4.62. The molecule has 112 valence electrons. The first-order chi connectivity index (χ1) is 10.1. The normalized spacial score (nSPS) is 10.6. The van der Waals surface area contributed by atoms with E-state index in [-0.39, 0.29) is 18.0 Å². The van der Waals surface area contributed by atoms with E-state index in [9.17, 15) is 10.1 Å². The van der Waals surface area contributed by atoms with Crippen molar-refractivity contribution in [2.45, 2.75) is 20.1 Å². The molecule has 7 heteroatoms. The van der Waals surface area contributed by atoms with Crippen LogP contribution in [0.25, 0.3) is 0 Å². The van der Waals surface area contributed by atoms with E-state index in [2.05, 4.69) is 10.3 Å². The van der Waals surface area contributed by atoms with Gasteiger partial charge in [0.25, 0.3) is 0 Å². The molecule has 0 unspecified atom stereocenters. The van der Waals surface area contributed by atoms with Crippen LogP contribution in [0, 0.1) is 10.1 Å². The van der Waals surface area contributed by atoms with Crippen molar-refractivity contribution >= 4 is 5.69 Å². The van der Waals surface area contributed by atoms with Gasteiger partial charge >= 0.3 is 5.69 Å². The average Bonchev–Trinajstić information content (AvgIpc) is 2.88. The van der Waals surface area contributed by atoms with Crippen LogP contribution in [0.1, 0.15) is 18.2 Å². The number of nitrogens with one attached hydrogen (secondary N) is 1. The summed E-state index contributed by atoms with van der Waals surface area (Å²) in [6.07, 6.45) is 3.34. The number of aryl methyl sites for hydroxylation is 1. The van der Waals surface area contributed by atoms with Crippen LogP contribution >= 0.6 is 0 Å². The molecule has 7 nitrogen and oxygen atoms in total. The van der Waals surface area contributed by atoms with Crippen molar-refractivity contribution in [1.82, 2.24) is 14.9 Å². The molecule has 0 amide bonds. The van der Waals surface area contributed by atoms with E-state index < -0.39 is 4.92 Å². The van der Waals surface area contributed by atoms with E-state index in [1.807, 2.05) is 18.5 Å². The smallest absolute Gasteiger partial charge is 0.310 e. The molecule has 0 spiro atoms. The summed E-state index contributed by atoms with van der Waals surface area (Å²) in [5.74, 6) is 0.275. The maximum atomic E-state index is 11.1. The summed E-state index contributed by atoms with van der Waals surface area (Å²) in [6, 6.07) is 4.92. The van der Waals surface area contributed by atoms with Gasteiger partial charge in [-0.1, -0.05) is 13.0 Å². The zero-order chi connectivity index (χ0) is 15.2. The molecule has 0 atom stereocenters. The number of imidazole rings is 1. The van der Waals surface area contributed by atoms with E-state index in [1.165, 1.54) is 6.07 Å². The van der Waals surface area contributed by atoms with Gasteiger partial charge in [-0.15, -0.1) is 0 Å². The van der Waals surface area contributed by atoms with Gasteiger partial charge in [0.1, 0.15) is 6.61 Å². The lowest BCUT2D eigenvalue weighted by Crippen LogP contribution is -2.12. The molecule has 0 bridgehead atoms. The summed E-state index contributed by atoms with van der Waals surface area (Å²) < 4.78 is 7.43. The van der Waals surface area contributed by atoms with Crippen molar-refractivity contribution in [1.29, 1.82) is 0 Å². The summed E-state index contributed by atoms with van der Waals surface area (Å²) in [5.41, 5.74) is 1.77. The molecular weight excluding hydrogens is 272 g/mol. The molecule has 0 aliphatic carbocycles. The highest BCUT2D eigenvalue weighted by atomic mass is 16.6. The molecule has 0 radical (unpaired) electrons. The molecule has 0 saturated heterocycles. The standard InChI is InChI=1S/C14H18N4O3/c1-3-15-7-11-4-5-13(18(19)20)14(6-11)21-9-12-8-16-10-17(12)2/h4-6,8,10,15H,3,7,9H2,1-2H3. The molecule has 21 heavy (non-hydrogen) atoms. The number of nitrogens with zero attached hydrogens (tertiary/aromatic N) is 3. The summed E-state index contributed by atoms with van der Waals surface area (Å²) in [7, 11) is 1.85. The average molecular weight is 290 g/mol. The second kappa shape index (κ2) is 6.85.